The summed E-state index contributed by atoms with van der Waals surface area (Å²) in [5.74, 6) is 0. The Morgan fingerprint density at radius 1 is 0.957 bits per heavy atom. The first-order valence-corrected chi connectivity index (χ1v) is 7.76. The van der Waals surface area contributed by atoms with Gasteiger partial charge in [-0.2, -0.15) is 13.2 Å². The lowest BCUT2D eigenvalue weighted by Crippen LogP contribution is -2.47. The second-order valence-electron chi connectivity index (χ2n) is 6.37. The molecular formula is C19H20F3N. The Hall–Kier alpha value is -1.81. The number of fused-ring (bicyclic) bond motifs is 1. The summed E-state index contributed by atoms with van der Waals surface area (Å²) in [5, 5.41) is 0. The summed E-state index contributed by atoms with van der Waals surface area (Å²) in [4.78, 5) is 2.00. The molecule has 0 amide bonds. The van der Waals surface area contributed by atoms with Crippen molar-refractivity contribution in [3.8, 4) is 0 Å². The fourth-order valence-corrected chi connectivity index (χ4v) is 3.84. The highest BCUT2D eigenvalue weighted by Crippen LogP contribution is 2.55. The summed E-state index contributed by atoms with van der Waals surface area (Å²) in [6.45, 7) is 0. The van der Waals surface area contributed by atoms with E-state index in [0.29, 0.717) is 17.5 Å². The van der Waals surface area contributed by atoms with Crippen molar-refractivity contribution in [1.29, 1.82) is 0 Å². The van der Waals surface area contributed by atoms with Crippen molar-refractivity contribution in [2.45, 2.75) is 30.5 Å². The SMILES string of the molecule is CN(C)C1CCC(c2ccccc2)(C(F)(F)F)c2ccccc21. The predicted molar refractivity (Wildman–Crippen MR) is 85.4 cm³/mol. The highest BCUT2D eigenvalue weighted by atomic mass is 19.4. The molecule has 1 aliphatic carbocycles. The lowest BCUT2D eigenvalue weighted by atomic mass is 9.64. The van der Waals surface area contributed by atoms with E-state index >= 15 is 0 Å². The van der Waals surface area contributed by atoms with Gasteiger partial charge in [-0.3, -0.25) is 0 Å². The van der Waals surface area contributed by atoms with E-state index in [1.54, 1.807) is 42.5 Å². The van der Waals surface area contributed by atoms with E-state index in [9.17, 15) is 13.2 Å². The zero-order valence-corrected chi connectivity index (χ0v) is 13.3. The highest BCUT2D eigenvalue weighted by molar-refractivity contribution is 5.48. The first-order chi connectivity index (χ1) is 10.9. The van der Waals surface area contributed by atoms with Crippen molar-refractivity contribution in [2.24, 2.45) is 0 Å². The van der Waals surface area contributed by atoms with Crippen LogP contribution in [-0.2, 0) is 5.41 Å². The summed E-state index contributed by atoms with van der Waals surface area (Å²) in [7, 11) is 3.84. The third-order valence-electron chi connectivity index (χ3n) is 4.95. The van der Waals surface area contributed by atoms with E-state index in [-0.39, 0.29) is 12.5 Å². The van der Waals surface area contributed by atoms with Gasteiger partial charge in [0.1, 0.15) is 5.41 Å². The molecule has 2 aromatic carbocycles. The Balaban J connectivity index is 2.28. The highest BCUT2D eigenvalue weighted by Gasteiger charge is 2.59. The first kappa shape index (κ1) is 16.1. The van der Waals surface area contributed by atoms with Crippen LogP contribution in [0.5, 0.6) is 0 Å². The Morgan fingerprint density at radius 3 is 2.17 bits per heavy atom. The Bertz CT molecular complexity index is 679. The Labute approximate surface area is 134 Å². The van der Waals surface area contributed by atoms with Crippen LogP contribution in [0.4, 0.5) is 13.2 Å². The predicted octanol–water partition coefficient (Wildman–Crippen LogP) is 4.93. The van der Waals surface area contributed by atoms with Gasteiger partial charge in [-0.25, -0.2) is 0 Å². The number of halogens is 3. The molecule has 0 heterocycles. The summed E-state index contributed by atoms with van der Waals surface area (Å²) < 4.78 is 42.8. The fourth-order valence-electron chi connectivity index (χ4n) is 3.84. The van der Waals surface area contributed by atoms with Gasteiger partial charge in [-0.1, -0.05) is 54.6 Å². The molecule has 2 atom stereocenters. The van der Waals surface area contributed by atoms with Crippen LogP contribution in [0.1, 0.15) is 35.6 Å². The third kappa shape index (κ3) is 2.45. The molecule has 4 heteroatoms. The number of hydrogen-bond acceptors (Lipinski definition) is 1. The van der Waals surface area contributed by atoms with E-state index in [2.05, 4.69) is 0 Å². The van der Waals surface area contributed by atoms with Gasteiger partial charge in [0.05, 0.1) is 0 Å². The summed E-state index contributed by atoms with van der Waals surface area (Å²) in [5.41, 5.74) is -0.414. The minimum absolute atomic E-state index is 0.0189. The second-order valence-corrected chi connectivity index (χ2v) is 6.37. The van der Waals surface area contributed by atoms with Crippen LogP contribution < -0.4 is 0 Å². The third-order valence-corrected chi connectivity index (χ3v) is 4.95. The van der Waals surface area contributed by atoms with Gasteiger partial charge in [0, 0.05) is 6.04 Å². The van der Waals surface area contributed by atoms with Crippen LogP contribution in [0.15, 0.2) is 54.6 Å². The van der Waals surface area contributed by atoms with E-state index in [1.807, 2.05) is 31.1 Å². The molecule has 0 radical (unpaired) electrons. The topological polar surface area (TPSA) is 3.24 Å². The van der Waals surface area contributed by atoms with E-state index < -0.39 is 11.6 Å². The molecule has 2 unspecified atom stereocenters. The van der Waals surface area contributed by atoms with Gasteiger partial charge in [-0.15, -0.1) is 0 Å². The molecule has 122 valence electrons. The molecule has 23 heavy (non-hydrogen) atoms. The van der Waals surface area contributed by atoms with Gasteiger partial charge in [0.2, 0.25) is 0 Å². The first-order valence-electron chi connectivity index (χ1n) is 7.76. The lowest BCUT2D eigenvalue weighted by molar-refractivity contribution is -0.183. The number of hydrogen-bond donors (Lipinski definition) is 0. The van der Waals surface area contributed by atoms with Crippen LogP contribution in [0.2, 0.25) is 0 Å². The lowest BCUT2D eigenvalue weighted by Gasteiger charge is -2.45. The maximum absolute atomic E-state index is 14.3. The molecule has 0 fully saturated rings. The second kappa shape index (κ2) is 5.68. The molecule has 0 N–H and O–H groups in total. The number of alkyl halides is 3. The van der Waals surface area contributed by atoms with Crippen molar-refractivity contribution in [3.05, 3.63) is 71.3 Å². The molecule has 0 aromatic heterocycles. The van der Waals surface area contributed by atoms with Crippen molar-refractivity contribution in [2.75, 3.05) is 14.1 Å². The van der Waals surface area contributed by atoms with Gasteiger partial charge >= 0.3 is 6.18 Å². The number of nitrogens with zero attached hydrogens (tertiary/aromatic N) is 1. The Kier molecular flexibility index (Phi) is 3.96. The summed E-state index contributed by atoms with van der Waals surface area (Å²) >= 11 is 0. The number of rotatable bonds is 2. The molecule has 1 aliphatic rings. The fraction of sp³-hybridized carbons (Fsp3) is 0.368. The molecule has 2 aromatic rings. The number of benzene rings is 2. The zero-order valence-electron chi connectivity index (χ0n) is 13.3. The molecule has 0 spiro atoms. The van der Waals surface area contributed by atoms with Crippen LogP contribution in [0, 0.1) is 0 Å². The molecule has 0 saturated carbocycles. The maximum Gasteiger partial charge on any atom is 0.402 e. The zero-order chi connectivity index (χ0) is 16.7. The average molecular weight is 319 g/mol. The largest absolute Gasteiger partial charge is 0.402 e. The van der Waals surface area contributed by atoms with Gasteiger partial charge in [0.25, 0.3) is 0 Å². The van der Waals surface area contributed by atoms with Crippen LogP contribution in [-0.4, -0.2) is 25.2 Å². The van der Waals surface area contributed by atoms with Crippen LogP contribution in [0.3, 0.4) is 0 Å². The summed E-state index contributed by atoms with van der Waals surface area (Å²) in [6.07, 6.45) is -3.78. The maximum atomic E-state index is 14.3. The van der Waals surface area contributed by atoms with Gasteiger partial charge in [-0.05, 0) is 43.6 Å². The van der Waals surface area contributed by atoms with Crippen molar-refractivity contribution >= 4 is 0 Å². The average Bonchev–Trinajstić information content (AvgIpc) is 2.53. The molecular weight excluding hydrogens is 299 g/mol. The molecule has 3 rings (SSSR count). The van der Waals surface area contributed by atoms with E-state index in [0.717, 1.165) is 5.56 Å². The Morgan fingerprint density at radius 2 is 1.57 bits per heavy atom. The molecule has 0 saturated heterocycles. The monoisotopic (exact) mass is 319 g/mol. The minimum atomic E-state index is -4.33. The van der Waals surface area contributed by atoms with Gasteiger partial charge in [0.15, 0.2) is 0 Å². The van der Waals surface area contributed by atoms with Crippen LogP contribution >= 0.6 is 0 Å². The van der Waals surface area contributed by atoms with Crippen molar-refractivity contribution < 1.29 is 13.2 Å². The van der Waals surface area contributed by atoms with Crippen molar-refractivity contribution in [1.82, 2.24) is 4.90 Å². The normalized spacial score (nSPS) is 24.5. The minimum Gasteiger partial charge on any atom is -0.302 e. The van der Waals surface area contributed by atoms with Gasteiger partial charge < -0.3 is 4.90 Å². The smallest absolute Gasteiger partial charge is 0.302 e. The summed E-state index contributed by atoms with van der Waals surface area (Å²) in [6, 6.07) is 15.4. The van der Waals surface area contributed by atoms with E-state index in [1.165, 1.54) is 0 Å². The van der Waals surface area contributed by atoms with E-state index in [4.69, 9.17) is 0 Å². The quantitative estimate of drug-likeness (QED) is 0.758. The molecule has 1 nitrogen and oxygen atoms in total. The standard InChI is InChI=1S/C19H20F3N/c1-23(2)17-12-13-18(19(20,21)22,14-8-4-3-5-9-14)16-11-7-6-10-15(16)17/h3-11,17H,12-13H2,1-2H3. The van der Waals surface area contributed by atoms with Crippen molar-refractivity contribution in [3.63, 3.8) is 0 Å². The van der Waals surface area contributed by atoms with Crippen LogP contribution in [0.25, 0.3) is 0 Å². The molecule has 0 aliphatic heterocycles. The molecule has 0 bridgehead atoms.